The van der Waals surface area contributed by atoms with Crippen LogP contribution in [0.15, 0.2) is 24.3 Å². The number of ether oxygens (including phenoxy) is 1. The molecule has 30 heavy (non-hydrogen) atoms. The second kappa shape index (κ2) is 8.51. The molecule has 1 fully saturated rings. The summed E-state index contributed by atoms with van der Waals surface area (Å²) in [6.07, 6.45) is 4.05. The zero-order valence-electron chi connectivity index (χ0n) is 18.0. The van der Waals surface area contributed by atoms with Gasteiger partial charge in [0.2, 0.25) is 10.0 Å². The molecule has 0 aliphatic carbocycles. The number of sulfonamides is 1. The van der Waals surface area contributed by atoms with Gasteiger partial charge in [0.1, 0.15) is 11.5 Å². The molecule has 1 unspecified atom stereocenters. The Morgan fingerprint density at radius 3 is 2.57 bits per heavy atom. The van der Waals surface area contributed by atoms with E-state index in [1.165, 1.54) is 11.4 Å². The Labute approximate surface area is 178 Å². The fraction of sp³-hybridized carbons (Fsp3) is 0.545. The topological polar surface area (TPSA) is 92.8 Å². The van der Waals surface area contributed by atoms with Crippen molar-refractivity contribution < 1.29 is 22.7 Å². The van der Waals surface area contributed by atoms with Crippen LogP contribution >= 0.6 is 0 Å². The van der Waals surface area contributed by atoms with Crippen molar-refractivity contribution in [3.05, 3.63) is 35.4 Å². The van der Waals surface area contributed by atoms with E-state index in [1.54, 1.807) is 12.1 Å². The number of carbonyl (C=O) groups excluding carboxylic acids is 2. The molecule has 0 bridgehead atoms. The van der Waals surface area contributed by atoms with Crippen molar-refractivity contribution in [2.24, 2.45) is 5.92 Å². The van der Waals surface area contributed by atoms with Crippen molar-refractivity contribution in [1.29, 1.82) is 0 Å². The number of benzene rings is 1. The summed E-state index contributed by atoms with van der Waals surface area (Å²) in [5.41, 5.74) is 2.37. The Kier molecular flexibility index (Phi) is 6.38. The Hall–Kier alpha value is -2.19. The molecule has 0 radical (unpaired) electrons. The summed E-state index contributed by atoms with van der Waals surface area (Å²) in [6.45, 7) is 6.45. The minimum atomic E-state index is -3.65. The van der Waals surface area contributed by atoms with Crippen LogP contribution < -0.4 is 5.32 Å². The second-order valence-electron chi connectivity index (χ2n) is 8.51. The first-order chi connectivity index (χ1) is 14.1. The highest BCUT2D eigenvalue weighted by atomic mass is 32.2. The molecule has 0 saturated carbocycles. The number of carbonyl (C=O) groups is 2. The molecule has 8 heteroatoms. The van der Waals surface area contributed by atoms with Gasteiger partial charge in [-0.05, 0) is 56.9 Å². The number of fused-ring (bicyclic) bond motifs is 1. The van der Waals surface area contributed by atoms with Gasteiger partial charge in [0.15, 0.2) is 0 Å². The first-order valence-corrected chi connectivity index (χ1v) is 11.8. The van der Waals surface area contributed by atoms with Crippen molar-refractivity contribution in [2.45, 2.75) is 50.8 Å². The highest BCUT2D eigenvalue weighted by molar-refractivity contribution is 7.90. The van der Waals surface area contributed by atoms with E-state index < -0.39 is 20.8 Å². The molecule has 1 aromatic carbocycles. The fourth-order valence-corrected chi connectivity index (χ4v) is 6.40. The molecule has 2 heterocycles. The van der Waals surface area contributed by atoms with Gasteiger partial charge in [-0.25, -0.2) is 12.7 Å². The van der Waals surface area contributed by atoms with Crippen LogP contribution in [0.25, 0.3) is 5.57 Å². The molecule has 1 saturated heterocycles. The molecule has 1 atom stereocenters. The van der Waals surface area contributed by atoms with Crippen molar-refractivity contribution in [3.63, 3.8) is 0 Å². The first-order valence-electron chi connectivity index (χ1n) is 10.3. The maximum absolute atomic E-state index is 13.6. The third-order valence-corrected chi connectivity index (χ3v) is 8.28. The number of aldehydes is 1. The summed E-state index contributed by atoms with van der Waals surface area (Å²) in [7, 11) is -2.29. The van der Waals surface area contributed by atoms with Crippen LogP contribution in [0.3, 0.4) is 0 Å². The highest BCUT2D eigenvalue weighted by Gasteiger charge is 2.40. The first kappa shape index (κ1) is 22.5. The number of methoxy groups -OCH3 is 1. The average Bonchev–Trinajstić information content (AvgIpc) is 2.72. The Morgan fingerprint density at radius 2 is 2.00 bits per heavy atom. The van der Waals surface area contributed by atoms with Crippen molar-refractivity contribution in [3.8, 4) is 0 Å². The van der Waals surface area contributed by atoms with Crippen molar-refractivity contribution in [1.82, 2.24) is 4.31 Å². The molecule has 0 aromatic heterocycles. The number of hydrogen-bond donors (Lipinski definition) is 1. The lowest BCUT2D eigenvalue weighted by Crippen LogP contribution is -2.45. The molecule has 7 nitrogen and oxygen atoms in total. The number of nitrogens with zero attached hydrogens (tertiary/aromatic N) is 1. The van der Waals surface area contributed by atoms with Crippen LogP contribution in [-0.4, -0.2) is 56.0 Å². The number of nitrogens with one attached hydrogen (secondary N) is 1. The molecule has 3 rings (SSSR count). The number of piperidine rings is 1. The number of anilines is 1. The van der Waals surface area contributed by atoms with Crippen LogP contribution in [0, 0.1) is 5.92 Å². The van der Waals surface area contributed by atoms with Crippen molar-refractivity contribution in [2.75, 3.05) is 25.5 Å². The Morgan fingerprint density at radius 1 is 1.33 bits per heavy atom. The minimum absolute atomic E-state index is 0.255. The summed E-state index contributed by atoms with van der Waals surface area (Å²) in [5.74, 6) is -0.536. The van der Waals surface area contributed by atoms with E-state index in [2.05, 4.69) is 5.32 Å². The van der Waals surface area contributed by atoms with Gasteiger partial charge in [-0.15, -0.1) is 0 Å². The van der Waals surface area contributed by atoms with E-state index in [0.717, 1.165) is 23.1 Å². The zero-order valence-corrected chi connectivity index (χ0v) is 18.8. The van der Waals surface area contributed by atoms with E-state index in [9.17, 15) is 18.0 Å². The molecular formula is C22H30N2O5S. The minimum Gasteiger partial charge on any atom is -0.469 e. The number of esters is 1. The number of hydrogen-bond acceptors (Lipinski definition) is 6. The van der Waals surface area contributed by atoms with Gasteiger partial charge in [-0.3, -0.25) is 9.59 Å². The summed E-state index contributed by atoms with van der Waals surface area (Å²) in [5, 5.41) is 2.67. The van der Waals surface area contributed by atoms with E-state index in [1.807, 2.05) is 32.9 Å². The largest absolute Gasteiger partial charge is 0.469 e. The third-order valence-electron chi connectivity index (χ3n) is 5.89. The quantitative estimate of drug-likeness (QED) is 0.546. The smallest absolute Gasteiger partial charge is 0.308 e. The van der Waals surface area contributed by atoms with Gasteiger partial charge in [-0.1, -0.05) is 13.0 Å². The van der Waals surface area contributed by atoms with E-state index in [4.69, 9.17) is 4.74 Å². The molecule has 2 aliphatic rings. The lowest BCUT2D eigenvalue weighted by molar-refractivity contribution is -0.146. The molecule has 0 amide bonds. The molecule has 1 aromatic rings. The van der Waals surface area contributed by atoms with Gasteiger partial charge < -0.3 is 10.1 Å². The molecule has 2 aliphatic heterocycles. The predicted octanol–water partition coefficient (Wildman–Crippen LogP) is 3.08. The Bertz CT molecular complexity index is 960. The van der Waals surface area contributed by atoms with E-state index in [0.29, 0.717) is 37.9 Å². The monoisotopic (exact) mass is 434 g/mol. The van der Waals surface area contributed by atoms with Crippen LogP contribution in [0.5, 0.6) is 0 Å². The van der Waals surface area contributed by atoms with Gasteiger partial charge in [0.25, 0.3) is 0 Å². The predicted molar refractivity (Wildman–Crippen MR) is 117 cm³/mol. The summed E-state index contributed by atoms with van der Waals surface area (Å²) < 4.78 is 33.5. The highest BCUT2D eigenvalue weighted by Crippen LogP contribution is 2.40. The Balaban J connectivity index is 1.95. The maximum atomic E-state index is 13.6. The van der Waals surface area contributed by atoms with Crippen LogP contribution in [-0.2, 0) is 19.6 Å². The van der Waals surface area contributed by atoms with Gasteiger partial charge in [0.05, 0.1) is 18.6 Å². The SMILES string of the molecule is CCC(C1=CC(C)(C)Nc2ccc(C=O)cc21)S(=O)(=O)N1CCC(C(=O)OC)CC1. The van der Waals surface area contributed by atoms with Crippen LogP contribution in [0.2, 0.25) is 0 Å². The molecule has 1 N–H and O–H groups in total. The van der Waals surface area contributed by atoms with E-state index in [-0.39, 0.29) is 11.9 Å². The standard InChI is InChI=1S/C22H30N2O5S/c1-5-20(30(27,28)24-10-8-16(9-11-24)21(26)29-4)18-13-22(2,3)23-19-7-6-15(14-25)12-17(18)19/h6-7,12-14,16,20,23H,5,8-11H2,1-4H3. The van der Waals surface area contributed by atoms with E-state index >= 15 is 0 Å². The number of rotatable bonds is 6. The molecule has 0 spiro atoms. The maximum Gasteiger partial charge on any atom is 0.308 e. The average molecular weight is 435 g/mol. The zero-order chi connectivity index (χ0) is 22.1. The van der Waals surface area contributed by atoms with Gasteiger partial charge in [0, 0.05) is 29.9 Å². The summed E-state index contributed by atoms with van der Waals surface area (Å²) in [6, 6.07) is 5.30. The van der Waals surface area contributed by atoms with Crippen LogP contribution in [0.4, 0.5) is 5.69 Å². The molecule has 164 valence electrons. The lowest BCUT2D eigenvalue weighted by Gasteiger charge is -2.37. The van der Waals surface area contributed by atoms with Crippen LogP contribution in [0.1, 0.15) is 56.0 Å². The summed E-state index contributed by atoms with van der Waals surface area (Å²) >= 11 is 0. The molecular weight excluding hydrogens is 404 g/mol. The fourth-order valence-electron chi connectivity index (χ4n) is 4.38. The summed E-state index contributed by atoms with van der Waals surface area (Å²) in [4.78, 5) is 23.1. The van der Waals surface area contributed by atoms with Gasteiger partial charge >= 0.3 is 5.97 Å². The van der Waals surface area contributed by atoms with Gasteiger partial charge in [-0.2, -0.15) is 0 Å². The lowest BCUT2D eigenvalue weighted by atomic mass is 9.87. The third kappa shape index (κ3) is 4.30. The normalized spacial score (nSPS) is 20.5. The second-order valence-corrected chi connectivity index (χ2v) is 10.6. The van der Waals surface area contributed by atoms with Crippen molar-refractivity contribution >= 4 is 33.5 Å².